The Kier molecular flexibility index (Phi) is 3.74. The molecule has 1 heterocycles. The maximum atomic E-state index is 12.0. The van der Waals surface area contributed by atoms with Gasteiger partial charge in [-0.25, -0.2) is 0 Å². The Morgan fingerprint density at radius 3 is 2.81 bits per heavy atom. The van der Waals surface area contributed by atoms with E-state index in [4.69, 9.17) is 5.11 Å². The van der Waals surface area contributed by atoms with Gasteiger partial charge in [-0.05, 0) is 31.9 Å². The quantitative estimate of drug-likeness (QED) is 0.768. The minimum Gasteiger partial charge on any atom is -0.395 e. The van der Waals surface area contributed by atoms with Crippen LogP contribution in [0.2, 0.25) is 0 Å². The first-order chi connectivity index (χ1) is 7.70. The summed E-state index contributed by atoms with van der Waals surface area (Å²) in [6, 6.07) is 4.40. The average molecular weight is 239 g/mol. The number of hydrogen-bond acceptors (Lipinski definition) is 4. The van der Waals surface area contributed by atoms with E-state index in [1.807, 2.05) is 19.1 Å². The standard InChI is InChI=1S/C12H17NO2S/c1-9-2-5-12(16-9)11(15)8-13(6-7-14)10-3-4-10/h2,5,10,14H,3-4,6-8H2,1H3. The molecule has 0 amide bonds. The van der Waals surface area contributed by atoms with Gasteiger partial charge in [-0.15, -0.1) is 11.3 Å². The maximum absolute atomic E-state index is 12.0. The molecule has 1 fully saturated rings. The molecule has 0 atom stereocenters. The molecule has 0 radical (unpaired) electrons. The van der Waals surface area contributed by atoms with Crippen molar-refractivity contribution in [1.82, 2.24) is 4.90 Å². The molecule has 1 aliphatic rings. The van der Waals surface area contributed by atoms with Gasteiger partial charge < -0.3 is 5.11 Å². The van der Waals surface area contributed by atoms with Crippen molar-refractivity contribution in [3.05, 3.63) is 21.9 Å². The molecule has 88 valence electrons. The van der Waals surface area contributed by atoms with Crippen LogP contribution < -0.4 is 0 Å². The number of aliphatic hydroxyl groups is 1. The number of hydrogen-bond donors (Lipinski definition) is 1. The van der Waals surface area contributed by atoms with Gasteiger partial charge in [-0.1, -0.05) is 0 Å². The molecule has 2 rings (SSSR count). The maximum Gasteiger partial charge on any atom is 0.186 e. The van der Waals surface area contributed by atoms with E-state index >= 15 is 0 Å². The zero-order valence-corrected chi connectivity index (χ0v) is 10.3. The fraction of sp³-hybridized carbons (Fsp3) is 0.583. The lowest BCUT2D eigenvalue weighted by atomic mass is 10.3. The van der Waals surface area contributed by atoms with Crippen molar-refractivity contribution >= 4 is 17.1 Å². The molecule has 0 unspecified atom stereocenters. The first-order valence-corrected chi connectivity index (χ1v) is 6.47. The minimum atomic E-state index is 0.132. The molecular formula is C12H17NO2S. The SMILES string of the molecule is Cc1ccc(C(=O)CN(CCO)C2CC2)s1. The summed E-state index contributed by atoms with van der Waals surface area (Å²) in [6.45, 7) is 3.20. The van der Waals surface area contributed by atoms with E-state index in [-0.39, 0.29) is 12.4 Å². The number of ketones is 1. The minimum absolute atomic E-state index is 0.132. The van der Waals surface area contributed by atoms with Gasteiger partial charge in [0.1, 0.15) is 0 Å². The molecule has 1 aliphatic carbocycles. The Bertz CT molecular complexity index is 371. The predicted molar refractivity (Wildman–Crippen MR) is 65.1 cm³/mol. The lowest BCUT2D eigenvalue weighted by Crippen LogP contribution is -2.34. The second kappa shape index (κ2) is 5.08. The summed E-state index contributed by atoms with van der Waals surface area (Å²) in [5, 5.41) is 8.95. The fourth-order valence-electron chi connectivity index (χ4n) is 1.81. The van der Waals surface area contributed by atoms with Crippen molar-refractivity contribution in [2.24, 2.45) is 0 Å². The Hall–Kier alpha value is -0.710. The molecule has 1 aromatic heterocycles. The number of carbonyl (C=O) groups is 1. The molecule has 0 aromatic carbocycles. The van der Waals surface area contributed by atoms with Crippen LogP contribution in [-0.4, -0.2) is 41.5 Å². The smallest absolute Gasteiger partial charge is 0.186 e. The topological polar surface area (TPSA) is 40.5 Å². The Morgan fingerprint density at radius 1 is 1.56 bits per heavy atom. The molecule has 1 saturated carbocycles. The molecule has 0 spiro atoms. The van der Waals surface area contributed by atoms with Gasteiger partial charge in [0.15, 0.2) is 5.78 Å². The Morgan fingerprint density at radius 2 is 2.31 bits per heavy atom. The van der Waals surface area contributed by atoms with E-state index in [1.165, 1.54) is 4.88 Å². The molecule has 1 aromatic rings. The Balaban J connectivity index is 1.94. The van der Waals surface area contributed by atoms with E-state index in [2.05, 4.69) is 4.90 Å². The summed E-state index contributed by atoms with van der Waals surface area (Å²) in [5.74, 6) is 0.179. The van der Waals surface area contributed by atoms with E-state index in [0.29, 0.717) is 19.1 Å². The summed E-state index contributed by atoms with van der Waals surface area (Å²) in [5.41, 5.74) is 0. The highest BCUT2D eigenvalue weighted by molar-refractivity contribution is 7.14. The van der Waals surface area contributed by atoms with Crippen LogP contribution >= 0.6 is 11.3 Å². The van der Waals surface area contributed by atoms with Crippen LogP contribution in [0.3, 0.4) is 0 Å². The molecule has 0 bridgehead atoms. The van der Waals surface area contributed by atoms with Crippen LogP contribution in [0.1, 0.15) is 27.4 Å². The molecule has 0 saturated heterocycles. The van der Waals surface area contributed by atoms with Gasteiger partial charge in [-0.3, -0.25) is 9.69 Å². The van der Waals surface area contributed by atoms with Crippen LogP contribution in [0.4, 0.5) is 0 Å². The highest BCUT2D eigenvalue weighted by Gasteiger charge is 2.30. The number of thiophene rings is 1. The van der Waals surface area contributed by atoms with E-state index in [1.54, 1.807) is 11.3 Å². The number of carbonyl (C=O) groups excluding carboxylic acids is 1. The number of Topliss-reactive ketones (excluding diaryl/α,β-unsaturated/α-hetero) is 1. The number of aliphatic hydroxyl groups excluding tert-OH is 1. The van der Waals surface area contributed by atoms with Crippen molar-refractivity contribution in [2.45, 2.75) is 25.8 Å². The van der Waals surface area contributed by atoms with Crippen LogP contribution in [0, 0.1) is 6.92 Å². The number of rotatable bonds is 6. The zero-order valence-electron chi connectivity index (χ0n) is 9.48. The van der Waals surface area contributed by atoms with Crippen molar-refractivity contribution < 1.29 is 9.90 Å². The van der Waals surface area contributed by atoms with Gasteiger partial charge >= 0.3 is 0 Å². The third-order valence-corrected chi connectivity index (χ3v) is 3.85. The van der Waals surface area contributed by atoms with Gasteiger partial charge in [0.05, 0.1) is 18.0 Å². The van der Waals surface area contributed by atoms with E-state index in [0.717, 1.165) is 17.7 Å². The third kappa shape index (κ3) is 2.90. The first-order valence-electron chi connectivity index (χ1n) is 5.65. The lowest BCUT2D eigenvalue weighted by Gasteiger charge is -2.19. The van der Waals surface area contributed by atoms with Gasteiger partial charge in [0, 0.05) is 17.5 Å². The van der Waals surface area contributed by atoms with Crippen molar-refractivity contribution in [3.8, 4) is 0 Å². The van der Waals surface area contributed by atoms with Crippen LogP contribution in [0.25, 0.3) is 0 Å². The highest BCUT2D eigenvalue weighted by atomic mass is 32.1. The third-order valence-electron chi connectivity index (χ3n) is 2.81. The largest absolute Gasteiger partial charge is 0.395 e. The van der Waals surface area contributed by atoms with Crippen molar-refractivity contribution in [2.75, 3.05) is 19.7 Å². The molecule has 16 heavy (non-hydrogen) atoms. The second-order valence-corrected chi connectivity index (χ2v) is 5.55. The van der Waals surface area contributed by atoms with Crippen LogP contribution in [0.5, 0.6) is 0 Å². The predicted octanol–water partition coefficient (Wildman–Crippen LogP) is 1.70. The molecule has 0 aliphatic heterocycles. The fourth-order valence-corrected chi connectivity index (χ4v) is 2.60. The lowest BCUT2D eigenvalue weighted by molar-refractivity contribution is 0.0911. The normalized spacial score (nSPS) is 15.7. The van der Waals surface area contributed by atoms with E-state index < -0.39 is 0 Å². The van der Waals surface area contributed by atoms with Crippen LogP contribution in [-0.2, 0) is 0 Å². The molecule has 4 heteroatoms. The summed E-state index contributed by atoms with van der Waals surface area (Å²) >= 11 is 1.55. The Labute approximate surface area is 99.7 Å². The summed E-state index contributed by atoms with van der Waals surface area (Å²) in [7, 11) is 0. The van der Waals surface area contributed by atoms with E-state index in [9.17, 15) is 4.79 Å². The highest BCUT2D eigenvalue weighted by Crippen LogP contribution is 2.27. The van der Waals surface area contributed by atoms with Gasteiger partial charge in [0.25, 0.3) is 0 Å². The summed E-state index contributed by atoms with van der Waals surface area (Å²) < 4.78 is 0. The first kappa shape index (κ1) is 11.8. The van der Waals surface area contributed by atoms with Gasteiger partial charge in [0.2, 0.25) is 0 Å². The summed E-state index contributed by atoms with van der Waals surface area (Å²) in [4.78, 5) is 16.1. The van der Waals surface area contributed by atoms with Gasteiger partial charge in [-0.2, -0.15) is 0 Å². The van der Waals surface area contributed by atoms with Crippen LogP contribution in [0.15, 0.2) is 12.1 Å². The summed E-state index contributed by atoms with van der Waals surface area (Å²) in [6.07, 6.45) is 2.33. The zero-order chi connectivity index (χ0) is 11.5. The monoisotopic (exact) mass is 239 g/mol. The average Bonchev–Trinajstić information content (AvgIpc) is 3.00. The van der Waals surface area contributed by atoms with Crippen molar-refractivity contribution in [1.29, 1.82) is 0 Å². The second-order valence-electron chi connectivity index (χ2n) is 4.26. The molecule has 1 N–H and O–H groups in total. The number of nitrogens with zero attached hydrogens (tertiary/aromatic N) is 1. The number of aryl methyl sites for hydroxylation is 1. The van der Waals surface area contributed by atoms with Crippen molar-refractivity contribution in [3.63, 3.8) is 0 Å². The molecular weight excluding hydrogens is 222 g/mol. The molecule has 3 nitrogen and oxygen atoms in total.